The second-order valence-corrected chi connectivity index (χ2v) is 18.3. The molecule has 6 N–H and O–H groups in total. The Morgan fingerprint density at radius 2 is 0.952 bits per heavy atom. The van der Waals surface area contributed by atoms with Crippen LogP contribution in [-0.4, -0.2) is 87.5 Å². The number of aliphatic hydroxyl groups is 5. The Labute approximate surface area is 381 Å². The summed E-state index contributed by atoms with van der Waals surface area (Å²) >= 11 is 0. The first-order valence-corrected chi connectivity index (χ1v) is 26.2. The van der Waals surface area contributed by atoms with Crippen molar-refractivity contribution in [2.24, 2.45) is 0 Å². The number of hydrogen-bond donors (Lipinski definition) is 6. The van der Waals surface area contributed by atoms with Crippen LogP contribution in [0.5, 0.6) is 0 Å². The molecule has 9 nitrogen and oxygen atoms in total. The van der Waals surface area contributed by atoms with Crippen molar-refractivity contribution in [2.45, 2.75) is 281 Å². The topological polar surface area (TPSA) is 149 Å². The third kappa shape index (κ3) is 33.0. The second-order valence-electron chi connectivity index (χ2n) is 18.3. The molecule has 0 aromatic rings. The van der Waals surface area contributed by atoms with Gasteiger partial charge in [-0.25, -0.2) is 0 Å². The lowest BCUT2D eigenvalue weighted by Gasteiger charge is -2.40. The van der Waals surface area contributed by atoms with Gasteiger partial charge < -0.3 is 40.3 Å². The predicted octanol–water partition coefficient (Wildman–Crippen LogP) is 12.0. The molecule has 0 spiro atoms. The molecular formula is C53H99NO8. The van der Waals surface area contributed by atoms with E-state index in [9.17, 15) is 30.3 Å². The van der Waals surface area contributed by atoms with Crippen molar-refractivity contribution in [3.63, 3.8) is 0 Å². The Kier molecular flexibility index (Phi) is 40.8. The van der Waals surface area contributed by atoms with Crippen LogP contribution in [0.15, 0.2) is 36.5 Å². The van der Waals surface area contributed by atoms with Crippen molar-refractivity contribution in [1.82, 2.24) is 5.32 Å². The third-order valence-electron chi connectivity index (χ3n) is 12.5. The minimum Gasteiger partial charge on any atom is -0.394 e. The Hall–Kier alpha value is -1.59. The van der Waals surface area contributed by atoms with Crippen LogP contribution in [0.1, 0.15) is 239 Å². The number of carbonyl (C=O) groups excluding carboxylic acids is 1. The molecular weight excluding hydrogens is 779 g/mol. The third-order valence-corrected chi connectivity index (χ3v) is 12.5. The second kappa shape index (κ2) is 43.3. The fraction of sp³-hybridized carbons (Fsp3) is 0.868. The average molecular weight is 878 g/mol. The molecule has 1 rings (SSSR count). The molecule has 0 saturated carbocycles. The molecule has 9 heteroatoms. The fourth-order valence-corrected chi connectivity index (χ4v) is 8.29. The highest BCUT2D eigenvalue weighted by Crippen LogP contribution is 2.23. The summed E-state index contributed by atoms with van der Waals surface area (Å²) < 4.78 is 11.2. The molecule has 364 valence electrons. The quantitative estimate of drug-likeness (QED) is 0.0262. The molecule has 1 aliphatic heterocycles. The van der Waals surface area contributed by atoms with Crippen LogP contribution < -0.4 is 5.32 Å². The molecule has 7 atom stereocenters. The number of rotatable bonds is 44. The van der Waals surface area contributed by atoms with Crippen molar-refractivity contribution in [2.75, 3.05) is 13.2 Å². The molecule has 0 bridgehead atoms. The zero-order valence-corrected chi connectivity index (χ0v) is 40.1. The number of allylic oxidation sites excluding steroid dienone is 6. The van der Waals surface area contributed by atoms with E-state index >= 15 is 0 Å². The van der Waals surface area contributed by atoms with Crippen molar-refractivity contribution < 1.29 is 39.8 Å². The molecule has 1 fully saturated rings. The van der Waals surface area contributed by atoms with Gasteiger partial charge >= 0.3 is 0 Å². The average Bonchev–Trinajstić information content (AvgIpc) is 3.27. The molecule has 1 saturated heterocycles. The van der Waals surface area contributed by atoms with Gasteiger partial charge in [-0.1, -0.05) is 217 Å². The first-order valence-electron chi connectivity index (χ1n) is 26.2. The molecule has 62 heavy (non-hydrogen) atoms. The van der Waals surface area contributed by atoms with Gasteiger partial charge in [-0.2, -0.15) is 0 Å². The maximum Gasteiger partial charge on any atom is 0.220 e. The summed E-state index contributed by atoms with van der Waals surface area (Å²) in [6.45, 7) is 3.76. The van der Waals surface area contributed by atoms with E-state index in [-0.39, 0.29) is 12.5 Å². The number of ether oxygens (including phenoxy) is 2. The van der Waals surface area contributed by atoms with Crippen LogP contribution in [0.2, 0.25) is 0 Å². The van der Waals surface area contributed by atoms with E-state index in [0.717, 1.165) is 51.4 Å². The maximum absolute atomic E-state index is 12.9. The number of unbranched alkanes of at least 4 members (excludes halogenated alkanes) is 28. The predicted molar refractivity (Wildman–Crippen MR) is 258 cm³/mol. The van der Waals surface area contributed by atoms with Crippen molar-refractivity contribution in [3.05, 3.63) is 36.5 Å². The summed E-state index contributed by atoms with van der Waals surface area (Å²) in [5.41, 5.74) is 0. The summed E-state index contributed by atoms with van der Waals surface area (Å²) in [4.78, 5) is 12.9. The van der Waals surface area contributed by atoms with Crippen molar-refractivity contribution >= 4 is 5.91 Å². The number of hydrogen-bond acceptors (Lipinski definition) is 8. The van der Waals surface area contributed by atoms with Crippen LogP contribution in [0.4, 0.5) is 0 Å². The highest BCUT2D eigenvalue weighted by molar-refractivity contribution is 5.76. The monoisotopic (exact) mass is 878 g/mol. The highest BCUT2D eigenvalue weighted by Gasteiger charge is 2.44. The number of aliphatic hydroxyl groups excluding tert-OH is 5. The number of amides is 1. The van der Waals surface area contributed by atoms with E-state index in [4.69, 9.17) is 9.47 Å². The van der Waals surface area contributed by atoms with Gasteiger partial charge in [-0.3, -0.25) is 4.79 Å². The largest absolute Gasteiger partial charge is 0.394 e. The van der Waals surface area contributed by atoms with Crippen LogP contribution in [0, 0.1) is 0 Å². The van der Waals surface area contributed by atoms with E-state index in [1.165, 1.54) is 161 Å². The number of nitrogens with one attached hydrogen (secondary N) is 1. The Morgan fingerprint density at radius 1 is 0.548 bits per heavy atom. The van der Waals surface area contributed by atoms with Gasteiger partial charge in [-0.15, -0.1) is 0 Å². The SMILES string of the molecule is CCCCCCC/C=C\C/C=C\C/C=C\CCCCCCCCCCCCCCCCCCCCC(=O)NC(COC1OC(CO)C(O)C(O)C1O)C(O)CCCCCCCC. The highest BCUT2D eigenvalue weighted by atomic mass is 16.7. The van der Waals surface area contributed by atoms with E-state index in [1.54, 1.807) is 0 Å². The molecule has 0 aromatic heterocycles. The Bertz CT molecular complexity index is 1070. The molecule has 7 unspecified atom stereocenters. The van der Waals surface area contributed by atoms with E-state index < -0.39 is 49.5 Å². The normalized spacial score (nSPS) is 20.5. The molecule has 1 aliphatic rings. The molecule has 0 aliphatic carbocycles. The first kappa shape index (κ1) is 58.4. The van der Waals surface area contributed by atoms with Crippen molar-refractivity contribution in [3.8, 4) is 0 Å². The summed E-state index contributed by atoms with van der Waals surface area (Å²) in [6.07, 6.45) is 47.9. The molecule has 0 aromatic carbocycles. The van der Waals surface area contributed by atoms with Gasteiger partial charge in [0.1, 0.15) is 24.4 Å². The summed E-state index contributed by atoms with van der Waals surface area (Å²) in [7, 11) is 0. The minimum atomic E-state index is -1.55. The van der Waals surface area contributed by atoms with E-state index in [1.807, 2.05) is 0 Å². The lowest BCUT2D eigenvalue weighted by atomic mass is 9.99. The Morgan fingerprint density at radius 3 is 1.40 bits per heavy atom. The van der Waals surface area contributed by atoms with Gasteiger partial charge in [0.05, 0.1) is 25.4 Å². The molecule has 1 heterocycles. The van der Waals surface area contributed by atoms with Gasteiger partial charge in [0.2, 0.25) is 5.91 Å². The standard InChI is InChI=1S/C53H99NO8/c1-3-5-7-9-11-12-13-14-15-16-17-18-19-20-21-22-23-24-25-26-27-28-29-30-31-32-33-34-35-36-37-39-41-43-49(57)54-46(47(56)42-40-38-10-8-6-4-2)45-61-53-52(60)51(59)50(58)48(44-55)62-53/h13-14,16-17,19-20,46-48,50-53,55-56,58-60H,3-12,15,18,21-45H2,1-2H3,(H,54,57)/b14-13-,17-16-,20-19-. The van der Waals surface area contributed by atoms with E-state index in [2.05, 4.69) is 55.6 Å². The fourth-order valence-electron chi connectivity index (χ4n) is 8.29. The maximum atomic E-state index is 12.9. The summed E-state index contributed by atoms with van der Waals surface area (Å²) in [6, 6.07) is -0.714. The lowest BCUT2D eigenvalue weighted by molar-refractivity contribution is -0.302. The number of carbonyl (C=O) groups is 1. The van der Waals surface area contributed by atoms with Crippen LogP contribution in [0.3, 0.4) is 0 Å². The zero-order chi connectivity index (χ0) is 45.1. The smallest absolute Gasteiger partial charge is 0.220 e. The Balaban J connectivity index is 2.02. The van der Waals surface area contributed by atoms with Crippen LogP contribution in [-0.2, 0) is 14.3 Å². The van der Waals surface area contributed by atoms with Gasteiger partial charge in [-0.05, 0) is 51.4 Å². The van der Waals surface area contributed by atoms with Gasteiger partial charge in [0.15, 0.2) is 6.29 Å². The van der Waals surface area contributed by atoms with Crippen LogP contribution in [0.25, 0.3) is 0 Å². The lowest BCUT2D eigenvalue weighted by Crippen LogP contribution is -2.60. The van der Waals surface area contributed by atoms with Crippen LogP contribution >= 0.6 is 0 Å². The molecule has 0 radical (unpaired) electrons. The summed E-state index contributed by atoms with van der Waals surface area (Å²) in [5, 5.41) is 54.0. The van der Waals surface area contributed by atoms with Crippen molar-refractivity contribution in [1.29, 1.82) is 0 Å². The first-order chi connectivity index (χ1) is 30.3. The van der Waals surface area contributed by atoms with Gasteiger partial charge in [0, 0.05) is 6.42 Å². The summed E-state index contributed by atoms with van der Waals surface area (Å²) in [5.74, 6) is -0.148. The zero-order valence-electron chi connectivity index (χ0n) is 40.1. The van der Waals surface area contributed by atoms with Gasteiger partial charge in [0.25, 0.3) is 0 Å². The minimum absolute atomic E-state index is 0.138. The molecule has 1 amide bonds. The van der Waals surface area contributed by atoms with E-state index in [0.29, 0.717) is 12.8 Å².